The van der Waals surface area contributed by atoms with E-state index in [1.54, 1.807) is 11.8 Å². The lowest BCUT2D eigenvalue weighted by Crippen LogP contribution is -1.95. The summed E-state index contributed by atoms with van der Waals surface area (Å²) in [5.74, 6) is 0.887. The predicted octanol–water partition coefficient (Wildman–Crippen LogP) is 3.09. The highest BCUT2D eigenvalue weighted by Crippen LogP contribution is 2.43. The van der Waals surface area contributed by atoms with Crippen molar-refractivity contribution < 1.29 is 0 Å². The van der Waals surface area contributed by atoms with Crippen LogP contribution in [0.5, 0.6) is 0 Å². The summed E-state index contributed by atoms with van der Waals surface area (Å²) in [5, 5.41) is 1.14. The van der Waals surface area contributed by atoms with Crippen molar-refractivity contribution in [3.63, 3.8) is 0 Å². The van der Waals surface area contributed by atoms with Crippen molar-refractivity contribution in [1.82, 2.24) is 9.97 Å². The van der Waals surface area contributed by atoms with E-state index in [0.29, 0.717) is 10.4 Å². The largest absolute Gasteiger partial charge is 0.224 e. The summed E-state index contributed by atoms with van der Waals surface area (Å²) in [5.41, 5.74) is 2.03. The Kier molecular flexibility index (Phi) is 2.19. The summed E-state index contributed by atoms with van der Waals surface area (Å²) in [6, 6.07) is 0. The molecule has 0 N–H and O–H groups in total. The summed E-state index contributed by atoms with van der Waals surface area (Å²) < 4.78 is 0. The Labute approximate surface area is 84.7 Å². The summed E-state index contributed by atoms with van der Waals surface area (Å²) in [7, 11) is 0. The minimum Gasteiger partial charge on any atom is -0.222 e. The molecule has 0 radical (unpaired) electrons. The normalized spacial score (nSPS) is 21.1. The van der Waals surface area contributed by atoms with Gasteiger partial charge in [-0.05, 0) is 18.5 Å². The molecule has 1 aromatic heterocycles. The van der Waals surface area contributed by atoms with Crippen molar-refractivity contribution in [2.75, 3.05) is 0 Å². The molecule has 64 valence electrons. The monoisotopic (exact) mass is 220 g/mol. The molecule has 2 rings (SSSR count). The number of thioether (sulfide) groups is 1. The van der Waals surface area contributed by atoms with E-state index in [-0.39, 0.29) is 5.28 Å². The first-order valence-electron chi connectivity index (χ1n) is 3.52. The molecule has 0 aliphatic carbocycles. The average Bonchev–Trinajstić information content (AvgIpc) is 2.31. The summed E-state index contributed by atoms with van der Waals surface area (Å²) in [6.45, 7) is 2.10. The highest BCUT2D eigenvalue weighted by atomic mass is 35.5. The Bertz CT molecular complexity index is 329. The third-order valence-corrected chi connectivity index (χ3v) is 3.46. The lowest BCUT2D eigenvalue weighted by Gasteiger charge is -2.03. The molecule has 1 aromatic rings. The number of nitrogens with zero attached hydrogens (tertiary/aromatic N) is 2. The smallest absolute Gasteiger partial charge is 0.222 e. The van der Waals surface area contributed by atoms with Gasteiger partial charge in [-0.1, -0.05) is 11.6 Å². The van der Waals surface area contributed by atoms with E-state index < -0.39 is 0 Å². The van der Waals surface area contributed by atoms with Crippen LogP contribution in [0.4, 0.5) is 0 Å². The van der Waals surface area contributed by atoms with Gasteiger partial charge in [0, 0.05) is 16.6 Å². The van der Waals surface area contributed by atoms with Gasteiger partial charge >= 0.3 is 0 Å². The van der Waals surface area contributed by atoms with Gasteiger partial charge < -0.3 is 0 Å². The summed E-state index contributed by atoms with van der Waals surface area (Å²) in [4.78, 5) is 8.02. The topological polar surface area (TPSA) is 25.8 Å². The minimum atomic E-state index is 0.244. The molecule has 2 nitrogen and oxygen atoms in total. The van der Waals surface area contributed by atoms with Gasteiger partial charge in [-0.3, -0.25) is 0 Å². The van der Waals surface area contributed by atoms with Crippen LogP contribution in [0.3, 0.4) is 0 Å². The molecule has 1 atom stereocenters. The number of fused-ring (bicyclic) bond motifs is 1. The fourth-order valence-electron chi connectivity index (χ4n) is 1.26. The first-order chi connectivity index (χ1) is 5.68. The lowest BCUT2D eigenvalue weighted by atomic mass is 10.2. The number of hydrogen-bond acceptors (Lipinski definition) is 3. The Hall–Kier alpha value is 0.01000. The standard InChI is InChI=1S/C7H6Cl2N2S/c1-3-5-4(2-12-3)10-7(9)11-6(5)8/h3H,2H2,1H3. The molecular weight excluding hydrogens is 215 g/mol. The number of hydrogen-bond donors (Lipinski definition) is 0. The van der Waals surface area contributed by atoms with Gasteiger partial charge in [0.15, 0.2) is 0 Å². The second-order valence-corrected chi connectivity index (χ2v) is 4.62. The SMILES string of the molecule is CC1SCc2nc(Cl)nc(Cl)c21. The number of aromatic nitrogens is 2. The van der Waals surface area contributed by atoms with Gasteiger partial charge in [0.1, 0.15) is 5.15 Å². The molecule has 5 heteroatoms. The first-order valence-corrected chi connectivity index (χ1v) is 5.32. The van der Waals surface area contributed by atoms with Crippen molar-refractivity contribution in [1.29, 1.82) is 0 Å². The van der Waals surface area contributed by atoms with Crippen molar-refractivity contribution in [3.05, 3.63) is 21.7 Å². The molecule has 1 unspecified atom stereocenters. The molecule has 2 heterocycles. The van der Waals surface area contributed by atoms with Crippen molar-refractivity contribution >= 4 is 35.0 Å². The van der Waals surface area contributed by atoms with Crippen LogP contribution in [0.1, 0.15) is 23.4 Å². The molecule has 0 saturated carbocycles. The molecule has 0 bridgehead atoms. The van der Waals surface area contributed by atoms with E-state index >= 15 is 0 Å². The molecule has 12 heavy (non-hydrogen) atoms. The van der Waals surface area contributed by atoms with Crippen LogP contribution in [0.2, 0.25) is 10.4 Å². The van der Waals surface area contributed by atoms with E-state index in [4.69, 9.17) is 23.2 Å². The van der Waals surface area contributed by atoms with Crippen LogP contribution < -0.4 is 0 Å². The number of halogens is 2. The zero-order valence-electron chi connectivity index (χ0n) is 6.34. The molecule has 0 aromatic carbocycles. The van der Waals surface area contributed by atoms with Gasteiger partial charge in [0.2, 0.25) is 5.28 Å². The first kappa shape index (κ1) is 8.60. The van der Waals surface area contributed by atoms with Crippen LogP contribution in [-0.2, 0) is 5.75 Å². The molecule has 0 saturated heterocycles. The van der Waals surface area contributed by atoms with E-state index in [0.717, 1.165) is 17.0 Å². The van der Waals surface area contributed by atoms with Gasteiger partial charge in [-0.2, -0.15) is 0 Å². The lowest BCUT2D eigenvalue weighted by molar-refractivity contribution is 1.01. The maximum absolute atomic E-state index is 5.92. The fraction of sp³-hybridized carbons (Fsp3) is 0.429. The van der Waals surface area contributed by atoms with E-state index in [9.17, 15) is 0 Å². The molecule has 0 fully saturated rings. The highest BCUT2D eigenvalue weighted by Gasteiger charge is 2.24. The van der Waals surface area contributed by atoms with Gasteiger partial charge in [-0.25, -0.2) is 9.97 Å². The zero-order chi connectivity index (χ0) is 8.72. The van der Waals surface area contributed by atoms with Crippen LogP contribution >= 0.6 is 35.0 Å². The second-order valence-electron chi connectivity index (χ2n) is 2.60. The van der Waals surface area contributed by atoms with Crippen LogP contribution in [0, 0.1) is 0 Å². The highest BCUT2D eigenvalue weighted by molar-refractivity contribution is 7.99. The second kappa shape index (κ2) is 3.05. The third-order valence-electron chi connectivity index (χ3n) is 1.83. The zero-order valence-corrected chi connectivity index (χ0v) is 8.67. The maximum atomic E-state index is 5.92. The summed E-state index contributed by atoms with van der Waals surface area (Å²) >= 11 is 13.4. The third kappa shape index (κ3) is 1.30. The van der Waals surface area contributed by atoms with Gasteiger partial charge in [0.25, 0.3) is 0 Å². The molecular formula is C7H6Cl2N2S. The Morgan fingerprint density at radius 2 is 2.17 bits per heavy atom. The van der Waals surface area contributed by atoms with E-state index in [1.165, 1.54) is 0 Å². The van der Waals surface area contributed by atoms with E-state index in [2.05, 4.69) is 16.9 Å². The van der Waals surface area contributed by atoms with Crippen LogP contribution in [-0.4, -0.2) is 9.97 Å². The predicted molar refractivity (Wildman–Crippen MR) is 51.8 cm³/mol. The Balaban J connectivity index is 2.60. The van der Waals surface area contributed by atoms with Crippen LogP contribution in [0.15, 0.2) is 0 Å². The van der Waals surface area contributed by atoms with Crippen LogP contribution in [0.25, 0.3) is 0 Å². The quantitative estimate of drug-likeness (QED) is 0.497. The van der Waals surface area contributed by atoms with Gasteiger partial charge in [-0.15, -0.1) is 11.8 Å². The molecule has 0 spiro atoms. The maximum Gasteiger partial charge on any atom is 0.224 e. The Morgan fingerprint density at radius 1 is 1.42 bits per heavy atom. The van der Waals surface area contributed by atoms with E-state index in [1.807, 2.05) is 0 Å². The van der Waals surface area contributed by atoms with Gasteiger partial charge in [0.05, 0.1) is 5.69 Å². The minimum absolute atomic E-state index is 0.244. The molecule has 1 aliphatic heterocycles. The Morgan fingerprint density at radius 3 is 2.92 bits per heavy atom. The van der Waals surface area contributed by atoms with Crippen molar-refractivity contribution in [3.8, 4) is 0 Å². The number of rotatable bonds is 0. The molecule has 0 amide bonds. The average molecular weight is 221 g/mol. The fourth-order valence-corrected chi connectivity index (χ4v) is 2.95. The van der Waals surface area contributed by atoms with Crippen molar-refractivity contribution in [2.24, 2.45) is 0 Å². The van der Waals surface area contributed by atoms with Crippen molar-refractivity contribution in [2.45, 2.75) is 17.9 Å². The summed E-state index contributed by atoms with van der Waals surface area (Å²) in [6.07, 6.45) is 0. The molecule has 1 aliphatic rings.